The van der Waals surface area contributed by atoms with Gasteiger partial charge in [0.15, 0.2) is 0 Å². The van der Waals surface area contributed by atoms with E-state index in [1.54, 1.807) is 6.92 Å². The van der Waals surface area contributed by atoms with Crippen LogP contribution >= 0.6 is 0 Å². The Morgan fingerprint density at radius 3 is 2.34 bits per heavy atom. The lowest BCUT2D eigenvalue weighted by atomic mass is 10.0. The summed E-state index contributed by atoms with van der Waals surface area (Å²) in [4.78, 5) is 12.9. The van der Waals surface area contributed by atoms with Crippen LogP contribution in [0.5, 0.6) is 0 Å². The fourth-order valence-corrected chi connectivity index (χ4v) is 4.61. The lowest BCUT2D eigenvalue weighted by Crippen LogP contribution is -2.49. The van der Waals surface area contributed by atoms with Gasteiger partial charge in [0.2, 0.25) is 15.9 Å². The predicted octanol–water partition coefficient (Wildman–Crippen LogP) is 3.84. The highest BCUT2D eigenvalue weighted by atomic mass is 32.2. The molecule has 29 heavy (non-hydrogen) atoms. The Bertz CT molecular complexity index is 1110. The van der Waals surface area contributed by atoms with Gasteiger partial charge in [-0.1, -0.05) is 49.4 Å². The largest absolute Gasteiger partial charge is 0.350 e. The number of nitrogens with one attached hydrogen (secondary N) is 1. The van der Waals surface area contributed by atoms with Crippen LogP contribution in [-0.4, -0.2) is 26.6 Å². The number of amides is 1. The number of fused-ring (bicyclic) bond motifs is 1. The summed E-state index contributed by atoms with van der Waals surface area (Å²) in [5.41, 5.74) is 1.19. The van der Waals surface area contributed by atoms with Gasteiger partial charge >= 0.3 is 0 Å². The standard InChI is InChI=1S/C22H23FN2O3S/c1-3-21(25(29(2,27)28)19-13-11-18(23)12-14-19)22(26)24-15-17-9-6-8-16-7-4-5-10-20(16)17/h4-14,21H,3,15H2,1-2H3,(H,24,26)/t21-/m0/s1. The summed E-state index contributed by atoms with van der Waals surface area (Å²) in [5.74, 6) is -0.883. The van der Waals surface area contributed by atoms with Crippen molar-refractivity contribution in [3.05, 3.63) is 78.1 Å². The minimum absolute atomic E-state index is 0.251. The van der Waals surface area contributed by atoms with Crippen LogP contribution in [0.25, 0.3) is 10.8 Å². The number of carbonyl (C=O) groups excluding carboxylic acids is 1. The van der Waals surface area contributed by atoms with E-state index in [1.807, 2.05) is 42.5 Å². The quantitative estimate of drug-likeness (QED) is 0.639. The molecule has 0 radical (unpaired) electrons. The first kappa shape index (κ1) is 20.8. The van der Waals surface area contributed by atoms with E-state index in [-0.39, 0.29) is 18.7 Å². The van der Waals surface area contributed by atoms with Crippen LogP contribution in [0, 0.1) is 5.82 Å². The Balaban J connectivity index is 1.85. The van der Waals surface area contributed by atoms with Crippen LogP contribution in [0.1, 0.15) is 18.9 Å². The smallest absolute Gasteiger partial charge is 0.244 e. The summed E-state index contributed by atoms with van der Waals surface area (Å²) in [7, 11) is -3.75. The molecule has 0 saturated heterocycles. The number of sulfonamides is 1. The van der Waals surface area contributed by atoms with Crippen LogP contribution in [0.15, 0.2) is 66.7 Å². The molecule has 3 aromatic rings. The molecule has 1 atom stereocenters. The van der Waals surface area contributed by atoms with Crippen LogP contribution in [0.2, 0.25) is 0 Å². The predicted molar refractivity (Wildman–Crippen MR) is 114 cm³/mol. The van der Waals surface area contributed by atoms with Gasteiger partial charge in [0, 0.05) is 6.54 Å². The molecule has 0 aliphatic rings. The molecular formula is C22H23FN2O3S. The second-order valence-electron chi connectivity index (χ2n) is 6.82. The highest BCUT2D eigenvalue weighted by Gasteiger charge is 2.31. The second-order valence-corrected chi connectivity index (χ2v) is 8.67. The zero-order chi connectivity index (χ0) is 21.0. The Kier molecular flexibility index (Phi) is 6.17. The number of halogens is 1. The van der Waals surface area contributed by atoms with Crippen molar-refractivity contribution < 1.29 is 17.6 Å². The molecule has 3 aromatic carbocycles. The van der Waals surface area contributed by atoms with Crippen molar-refractivity contribution in [1.29, 1.82) is 0 Å². The average Bonchev–Trinajstić information content (AvgIpc) is 2.70. The van der Waals surface area contributed by atoms with Crippen molar-refractivity contribution >= 4 is 32.4 Å². The van der Waals surface area contributed by atoms with Crippen LogP contribution < -0.4 is 9.62 Å². The first-order valence-electron chi connectivity index (χ1n) is 9.30. The molecule has 1 amide bonds. The molecule has 0 heterocycles. The fourth-order valence-electron chi connectivity index (χ4n) is 3.40. The number of benzene rings is 3. The van der Waals surface area contributed by atoms with Crippen molar-refractivity contribution in [3.63, 3.8) is 0 Å². The molecule has 1 N–H and O–H groups in total. The van der Waals surface area contributed by atoms with Gasteiger partial charge in [0.05, 0.1) is 11.9 Å². The van der Waals surface area contributed by atoms with Gasteiger partial charge in [0.25, 0.3) is 0 Å². The zero-order valence-electron chi connectivity index (χ0n) is 16.3. The Hall–Kier alpha value is -2.93. The summed E-state index contributed by atoms with van der Waals surface area (Å²) < 4.78 is 39.2. The molecule has 0 aromatic heterocycles. The summed E-state index contributed by atoms with van der Waals surface area (Å²) >= 11 is 0. The molecule has 152 valence electrons. The highest BCUT2D eigenvalue weighted by Crippen LogP contribution is 2.23. The number of hydrogen-bond donors (Lipinski definition) is 1. The minimum atomic E-state index is -3.75. The third-order valence-electron chi connectivity index (χ3n) is 4.74. The third kappa shape index (κ3) is 4.74. The maximum absolute atomic E-state index is 13.3. The van der Waals surface area contributed by atoms with Crippen molar-refractivity contribution in [3.8, 4) is 0 Å². The maximum Gasteiger partial charge on any atom is 0.244 e. The molecule has 3 rings (SSSR count). The van der Waals surface area contributed by atoms with E-state index in [4.69, 9.17) is 0 Å². The molecular weight excluding hydrogens is 391 g/mol. The van der Waals surface area contributed by atoms with Crippen LogP contribution in [0.3, 0.4) is 0 Å². The van der Waals surface area contributed by atoms with Crippen molar-refractivity contribution in [1.82, 2.24) is 5.32 Å². The first-order chi connectivity index (χ1) is 13.8. The summed E-state index contributed by atoms with van der Waals surface area (Å²) in [6.45, 7) is 2.02. The zero-order valence-corrected chi connectivity index (χ0v) is 17.1. The van der Waals surface area contributed by atoms with Gasteiger partial charge in [-0.25, -0.2) is 12.8 Å². The van der Waals surface area contributed by atoms with Gasteiger partial charge in [-0.15, -0.1) is 0 Å². The van der Waals surface area contributed by atoms with Crippen LogP contribution in [0.4, 0.5) is 10.1 Å². The Morgan fingerprint density at radius 2 is 1.69 bits per heavy atom. The molecule has 0 saturated carbocycles. The van der Waals surface area contributed by atoms with E-state index >= 15 is 0 Å². The van der Waals surface area contributed by atoms with Gasteiger partial charge in [-0.2, -0.15) is 0 Å². The Morgan fingerprint density at radius 1 is 1.03 bits per heavy atom. The second kappa shape index (κ2) is 8.61. The average molecular weight is 415 g/mol. The van der Waals surface area contributed by atoms with Crippen molar-refractivity contribution in [2.24, 2.45) is 0 Å². The third-order valence-corrected chi connectivity index (χ3v) is 5.92. The number of nitrogens with zero attached hydrogens (tertiary/aromatic N) is 1. The van der Waals surface area contributed by atoms with Gasteiger partial charge in [-0.05, 0) is 47.0 Å². The number of rotatable bonds is 7. The van der Waals surface area contributed by atoms with E-state index in [2.05, 4.69) is 5.32 Å². The summed E-state index contributed by atoms with van der Waals surface area (Å²) in [5, 5.41) is 4.95. The van der Waals surface area contributed by atoms with Gasteiger partial charge < -0.3 is 5.32 Å². The first-order valence-corrected chi connectivity index (χ1v) is 11.2. The number of carbonyl (C=O) groups is 1. The van der Waals surface area contributed by atoms with E-state index in [0.29, 0.717) is 0 Å². The lowest BCUT2D eigenvalue weighted by molar-refractivity contribution is -0.122. The monoisotopic (exact) mass is 414 g/mol. The molecule has 7 heteroatoms. The van der Waals surface area contributed by atoms with E-state index in [9.17, 15) is 17.6 Å². The van der Waals surface area contributed by atoms with E-state index in [1.165, 1.54) is 24.3 Å². The number of anilines is 1. The molecule has 0 fully saturated rings. The minimum Gasteiger partial charge on any atom is -0.350 e. The molecule has 5 nitrogen and oxygen atoms in total. The molecule has 0 aliphatic carbocycles. The van der Waals surface area contributed by atoms with E-state index < -0.39 is 27.8 Å². The maximum atomic E-state index is 13.3. The highest BCUT2D eigenvalue weighted by molar-refractivity contribution is 7.92. The van der Waals surface area contributed by atoms with Gasteiger partial charge in [0.1, 0.15) is 11.9 Å². The molecule has 0 bridgehead atoms. The van der Waals surface area contributed by atoms with Crippen molar-refractivity contribution in [2.75, 3.05) is 10.6 Å². The summed E-state index contributed by atoms with van der Waals surface area (Å²) in [6.07, 6.45) is 1.31. The van der Waals surface area contributed by atoms with Crippen LogP contribution in [-0.2, 0) is 21.4 Å². The van der Waals surface area contributed by atoms with Crippen molar-refractivity contribution in [2.45, 2.75) is 25.9 Å². The topological polar surface area (TPSA) is 66.5 Å². The molecule has 0 aliphatic heterocycles. The molecule has 0 spiro atoms. The van der Waals surface area contributed by atoms with E-state index in [0.717, 1.165) is 26.9 Å². The fraction of sp³-hybridized carbons (Fsp3) is 0.227. The SMILES string of the molecule is CC[C@@H](C(=O)NCc1cccc2ccccc12)N(c1ccc(F)cc1)S(C)(=O)=O. The summed E-state index contributed by atoms with van der Waals surface area (Å²) in [6, 6.07) is 17.8. The normalized spacial score (nSPS) is 12.5. The number of hydrogen-bond acceptors (Lipinski definition) is 3. The van der Waals surface area contributed by atoms with Gasteiger partial charge in [-0.3, -0.25) is 9.10 Å². The lowest BCUT2D eigenvalue weighted by Gasteiger charge is -2.30. The Labute approximate surface area is 170 Å². The molecule has 0 unspecified atom stereocenters.